The van der Waals surface area contributed by atoms with E-state index in [0.29, 0.717) is 6.61 Å². The SMILES string of the molecule is Cc1c(OCCCN2CCC[C@@H](C)C2)cccc1-c1cccc(OCCCN2CC[C@@H](O)C2)c1C. The largest absolute Gasteiger partial charge is 0.493 e. The minimum atomic E-state index is -0.156. The first kappa shape index (κ1) is 26.0. The van der Waals surface area contributed by atoms with E-state index in [9.17, 15) is 5.11 Å². The van der Waals surface area contributed by atoms with Crippen LogP contribution < -0.4 is 9.47 Å². The van der Waals surface area contributed by atoms with E-state index in [2.05, 4.69) is 67.0 Å². The van der Waals surface area contributed by atoms with Gasteiger partial charge in [0.2, 0.25) is 0 Å². The molecule has 2 atom stereocenters. The molecule has 0 radical (unpaired) electrons. The molecule has 0 unspecified atom stereocenters. The van der Waals surface area contributed by atoms with Crippen LogP contribution in [-0.2, 0) is 0 Å². The number of ether oxygens (including phenoxy) is 2. The van der Waals surface area contributed by atoms with Crippen molar-refractivity contribution in [2.75, 3.05) is 52.5 Å². The molecule has 0 bridgehead atoms. The molecule has 2 saturated heterocycles. The Morgan fingerprint density at radius 2 is 1.37 bits per heavy atom. The zero-order chi connectivity index (χ0) is 24.6. The summed E-state index contributed by atoms with van der Waals surface area (Å²) in [5.41, 5.74) is 4.77. The van der Waals surface area contributed by atoms with E-state index in [1.165, 1.54) is 48.2 Å². The molecule has 2 heterocycles. The average molecular weight is 481 g/mol. The van der Waals surface area contributed by atoms with Crippen molar-refractivity contribution in [2.45, 2.75) is 59.0 Å². The number of hydrogen-bond acceptors (Lipinski definition) is 5. The molecule has 5 nitrogen and oxygen atoms in total. The second-order valence-electron chi connectivity index (χ2n) is 10.6. The van der Waals surface area contributed by atoms with E-state index >= 15 is 0 Å². The third kappa shape index (κ3) is 7.22. The van der Waals surface area contributed by atoms with Gasteiger partial charge >= 0.3 is 0 Å². The fourth-order valence-electron chi connectivity index (χ4n) is 5.57. The van der Waals surface area contributed by atoms with Crippen LogP contribution in [0.4, 0.5) is 0 Å². The second kappa shape index (κ2) is 12.8. The Bertz CT molecular complexity index is 947. The van der Waals surface area contributed by atoms with E-state index in [-0.39, 0.29) is 6.10 Å². The van der Waals surface area contributed by atoms with Gasteiger partial charge in [-0.2, -0.15) is 0 Å². The molecule has 2 aliphatic rings. The third-order valence-corrected chi connectivity index (χ3v) is 7.60. The van der Waals surface area contributed by atoms with Crippen LogP contribution in [0.25, 0.3) is 11.1 Å². The molecular formula is C30H44N2O3. The lowest BCUT2D eigenvalue weighted by molar-refractivity contribution is 0.170. The number of nitrogens with zero attached hydrogens (tertiary/aromatic N) is 2. The lowest BCUT2D eigenvalue weighted by Gasteiger charge is -2.30. The fourth-order valence-corrected chi connectivity index (χ4v) is 5.57. The number of rotatable bonds is 11. The summed E-state index contributed by atoms with van der Waals surface area (Å²) in [6.45, 7) is 14.5. The number of aliphatic hydroxyl groups is 1. The molecular weight excluding hydrogens is 436 g/mol. The number of hydrogen-bond donors (Lipinski definition) is 1. The Balaban J connectivity index is 1.31. The van der Waals surface area contributed by atoms with E-state index in [4.69, 9.17) is 9.47 Å². The predicted molar refractivity (Wildman–Crippen MR) is 143 cm³/mol. The van der Waals surface area contributed by atoms with Crippen LogP contribution in [0.1, 0.15) is 50.2 Å². The number of piperidine rings is 1. The summed E-state index contributed by atoms with van der Waals surface area (Å²) in [6, 6.07) is 12.7. The molecule has 35 heavy (non-hydrogen) atoms. The second-order valence-corrected chi connectivity index (χ2v) is 10.6. The van der Waals surface area contributed by atoms with Crippen molar-refractivity contribution in [1.29, 1.82) is 0 Å². The molecule has 0 aliphatic carbocycles. The van der Waals surface area contributed by atoms with Gasteiger partial charge in [0, 0.05) is 32.7 Å². The van der Waals surface area contributed by atoms with Crippen LogP contribution >= 0.6 is 0 Å². The average Bonchev–Trinajstić information content (AvgIpc) is 3.26. The zero-order valence-corrected chi connectivity index (χ0v) is 22.0. The van der Waals surface area contributed by atoms with E-state index in [0.717, 1.165) is 69.5 Å². The van der Waals surface area contributed by atoms with Crippen molar-refractivity contribution in [3.8, 4) is 22.6 Å². The molecule has 2 aliphatic heterocycles. The Kier molecular flexibility index (Phi) is 9.47. The highest BCUT2D eigenvalue weighted by Gasteiger charge is 2.19. The first-order valence-electron chi connectivity index (χ1n) is 13.6. The minimum Gasteiger partial charge on any atom is -0.493 e. The topological polar surface area (TPSA) is 45.2 Å². The Labute approximate surface area is 212 Å². The highest BCUT2D eigenvalue weighted by atomic mass is 16.5. The van der Waals surface area contributed by atoms with Crippen molar-refractivity contribution in [1.82, 2.24) is 9.80 Å². The normalized spacial score (nSPS) is 21.4. The molecule has 1 N–H and O–H groups in total. The summed E-state index contributed by atoms with van der Waals surface area (Å²) in [7, 11) is 0. The maximum atomic E-state index is 9.69. The first-order chi connectivity index (χ1) is 17.0. The van der Waals surface area contributed by atoms with Crippen LogP contribution in [0.5, 0.6) is 11.5 Å². The number of likely N-dealkylation sites (tertiary alicyclic amines) is 2. The van der Waals surface area contributed by atoms with E-state index in [1.807, 2.05) is 0 Å². The minimum absolute atomic E-state index is 0.156. The lowest BCUT2D eigenvalue weighted by Crippen LogP contribution is -2.35. The smallest absolute Gasteiger partial charge is 0.122 e. The van der Waals surface area contributed by atoms with Crippen molar-refractivity contribution in [3.05, 3.63) is 47.5 Å². The number of benzene rings is 2. The molecule has 5 heteroatoms. The molecule has 0 saturated carbocycles. The Hall–Kier alpha value is -2.08. The molecule has 2 aromatic carbocycles. The summed E-state index contributed by atoms with van der Waals surface area (Å²) in [6.07, 6.45) is 5.46. The van der Waals surface area contributed by atoms with Gasteiger partial charge in [-0.05, 0) is 92.8 Å². The van der Waals surface area contributed by atoms with Gasteiger partial charge < -0.3 is 24.4 Å². The number of aliphatic hydroxyl groups excluding tert-OH is 1. The van der Waals surface area contributed by atoms with Gasteiger partial charge in [0.05, 0.1) is 19.3 Å². The van der Waals surface area contributed by atoms with Crippen molar-refractivity contribution in [2.24, 2.45) is 5.92 Å². The third-order valence-electron chi connectivity index (χ3n) is 7.60. The fraction of sp³-hybridized carbons (Fsp3) is 0.600. The van der Waals surface area contributed by atoms with Crippen molar-refractivity contribution < 1.29 is 14.6 Å². The molecule has 0 aromatic heterocycles. The van der Waals surface area contributed by atoms with Gasteiger partial charge in [0.15, 0.2) is 0 Å². The van der Waals surface area contributed by atoms with Gasteiger partial charge in [0.25, 0.3) is 0 Å². The highest BCUT2D eigenvalue weighted by molar-refractivity contribution is 5.74. The summed E-state index contributed by atoms with van der Waals surface area (Å²) >= 11 is 0. The number of β-amino-alcohol motifs (C(OH)–C–C–N with tert-alkyl or cyclic N) is 1. The molecule has 2 aromatic rings. The maximum absolute atomic E-state index is 9.69. The highest BCUT2D eigenvalue weighted by Crippen LogP contribution is 2.35. The van der Waals surface area contributed by atoms with Gasteiger partial charge in [-0.1, -0.05) is 31.2 Å². The Morgan fingerprint density at radius 3 is 1.89 bits per heavy atom. The van der Waals surface area contributed by atoms with Crippen LogP contribution in [0, 0.1) is 19.8 Å². The summed E-state index contributed by atoms with van der Waals surface area (Å²) in [5.74, 6) is 2.75. The van der Waals surface area contributed by atoms with Gasteiger partial charge in [-0.3, -0.25) is 0 Å². The Morgan fingerprint density at radius 1 is 0.800 bits per heavy atom. The van der Waals surface area contributed by atoms with Crippen molar-refractivity contribution in [3.63, 3.8) is 0 Å². The first-order valence-corrected chi connectivity index (χ1v) is 13.6. The van der Waals surface area contributed by atoms with Gasteiger partial charge in [0.1, 0.15) is 11.5 Å². The van der Waals surface area contributed by atoms with Crippen LogP contribution in [-0.4, -0.2) is 73.5 Å². The van der Waals surface area contributed by atoms with Gasteiger partial charge in [-0.15, -0.1) is 0 Å². The summed E-state index contributed by atoms with van der Waals surface area (Å²) < 4.78 is 12.4. The van der Waals surface area contributed by atoms with E-state index in [1.54, 1.807) is 0 Å². The molecule has 192 valence electrons. The zero-order valence-electron chi connectivity index (χ0n) is 22.0. The molecule has 4 rings (SSSR count). The van der Waals surface area contributed by atoms with Crippen molar-refractivity contribution >= 4 is 0 Å². The summed E-state index contributed by atoms with van der Waals surface area (Å²) in [4.78, 5) is 4.91. The standard InChI is InChI=1S/C30H44N2O3/c1-23-9-6-15-31(21-23)16-7-19-34-29-12-4-10-27(24(29)2)28-11-5-13-30(25(28)3)35-20-8-17-32-18-14-26(33)22-32/h4-5,10-13,23,26,33H,6-9,14-22H2,1-3H3/t23-,26-/m1/s1. The molecule has 0 amide bonds. The van der Waals surface area contributed by atoms with Crippen LogP contribution in [0.3, 0.4) is 0 Å². The van der Waals surface area contributed by atoms with Gasteiger partial charge in [-0.25, -0.2) is 0 Å². The van der Waals surface area contributed by atoms with E-state index < -0.39 is 0 Å². The van der Waals surface area contributed by atoms with Crippen LogP contribution in [0.2, 0.25) is 0 Å². The summed E-state index contributed by atoms with van der Waals surface area (Å²) in [5, 5.41) is 9.69. The lowest BCUT2D eigenvalue weighted by atomic mass is 9.95. The maximum Gasteiger partial charge on any atom is 0.122 e. The molecule has 0 spiro atoms. The predicted octanol–water partition coefficient (Wildman–Crippen LogP) is 5.31. The monoisotopic (exact) mass is 480 g/mol. The quantitative estimate of drug-likeness (QED) is 0.442. The van der Waals surface area contributed by atoms with Crippen LogP contribution in [0.15, 0.2) is 36.4 Å². The molecule has 2 fully saturated rings.